The van der Waals surface area contributed by atoms with E-state index in [9.17, 15) is 0 Å². The van der Waals surface area contributed by atoms with Crippen LogP contribution in [0.4, 0.5) is 0 Å². The van der Waals surface area contributed by atoms with Crippen LogP contribution in [0.2, 0.25) is 0 Å². The van der Waals surface area contributed by atoms with Crippen LogP contribution in [0.5, 0.6) is 0 Å². The topological polar surface area (TPSA) is 22.4 Å². The fourth-order valence-electron chi connectivity index (χ4n) is 10.0. The first-order valence-corrected chi connectivity index (χ1v) is 25.8. The van der Waals surface area contributed by atoms with Crippen molar-refractivity contribution in [3.63, 3.8) is 0 Å². The lowest BCUT2D eigenvalue weighted by Gasteiger charge is -2.45. The van der Waals surface area contributed by atoms with E-state index in [1.165, 1.54) is 197 Å². The van der Waals surface area contributed by atoms with Gasteiger partial charge in [0.25, 0.3) is 0 Å². The Morgan fingerprint density at radius 1 is 0.424 bits per heavy atom. The van der Waals surface area contributed by atoms with Crippen molar-refractivity contribution >= 4 is 11.3 Å². The zero-order chi connectivity index (χ0) is 41.8. The highest BCUT2D eigenvalue weighted by molar-refractivity contribution is 7.18. The zero-order valence-corrected chi connectivity index (χ0v) is 39.6. The fraction of sp³-hybridized carbons (Fsp3) is 0.643. The van der Waals surface area contributed by atoms with Gasteiger partial charge >= 0.3 is 0 Å². The maximum absolute atomic E-state index is 8.46. The molecule has 3 heteroatoms. The van der Waals surface area contributed by atoms with Gasteiger partial charge in [-0.15, -0.1) is 11.3 Å². The van der Waals surface area contributed by atoms with Gasteiger partial charge in [-0.05, 0) is 97.7 Å². The number of unbranched alkanes of at least 4 members (excludes halogenated alkanes) is 20. The number of hydrogen-bond donors (Lipinski definition) is 0. The second-order valence-corrected chi connectivity index (χ2v) is 19.6. The van der Waals surface area contributed by atoms with E-state index in [4.69, 9.17) is 9.15 Å². The molecule has 0 bridgehead atoms. The highest BCUT2D eigenvalue weighted by Crippen LogP contribution is 2.56. The molecule has 0 fully saturated rings. The molecule has 3 heterocycles. The maximum atomic E-state index is 8.46. The summed E-state index contributed by atoms with van der Waals surface area (Å²) in [6.07, 6.45) is 35.9. The fourth-order valence-corrected chi connectivity index (χ4v) is 11.0. The summed E-state index contributed by atoms with van der Waals surface area (Å²) in [5.74, 6) is 1.93. The van der Waals surface area contributed by atoms with E-state index in [-0.39, 0.29) is 11.2 Å². The Morgan fingerprint density at radius 3 is 1.31 bits per heavy atom. The Balaban J connectivity index is 1.64. The van der Waals surface area contributed by atoms with Crippen molar-refractivity contribution in [1.82, 2.24) is 0 Å². The minimum Gasteiger partial charge on any atom is -0.461 e. The van der Waals surface area contributed by atoms with Crippen molar-refractivity contribution in [3.05, 3.63) is 83.1 Å². The lowest BCUT2D eigenvalue weighted by Crippen LogP contribution is -2.41. The van der Waals surface area contributed by atoms with Crippen LogP contribution in [-0.2, 0) is 15.9 Å². The van der Waals surface area contributed by atoms with Gasteiger partial charge in [0.1, 0.15) is 11.5 Å². The molecule has 0 saturated carbocycles. The predicted molar refractivity (Wildman–Crippen MR) is 259 cm³/mol. The highest BCUT2D eigenvalue weighted by Gasteiger charge is 2.48. The molecule has 0 spiro atoms. The van der Waals surface area contributed by atoms with Gasteiger partial charge in [0.05, 0.1) is 16.1 Å². The van der Waals surface area contributed by atoms with Crippen molar-refractivity contribution in [2.24, 2.45) is 0 Å². The third-order valence-corrected chi connectivity index (χ3v) is 14.6. The van der Waals surface area contributed by atoms with E-state index in [0.29, 0.717) is 0 Å². The van der Waals surface area contributed by atoms with Crippen LogP contribution in [0.3, 0.4) is 0 Å². The van der Waals surface area contributed by atoms with Gasteiger partial charge in [-0.3, -0.25) is 0 Å². The van der Waals surface area contributed by atoms with Crippen molar-refractivity contribution in [3.8, 4) is 32.2 Å². The third kappa shape index (κ3) is 13.7. The molecule has 59 heavy (non-hydrogen) atoms. The number of rotatable bonds is 30. The first-order chi connectivity index (χ1) is 28.9. The molecular formula is C56H84O2S. The molecule has 0 saturated heterocycles. The summed E-state index contributed by atoms with van der Waals surface area (Å²) < 4.78 is 14.6. The predicted octanol–water partition coefficient (Wildman–Crippen LogP) is 19.4. The summed E-state index contributed by atoms with van der Waals surface area (Å²) in [6, 6.07) is 23.7. The van der Waals surface area contributed by atoms with Crippen LogP contribution in [-0.4, -0.2) is 0 Å². The van der Waals surface area contributed by atoms with E-state index in [2.05, 4.69) is 95.3 Å². The molecule has 0 N–H and O–H groups in total. The summed E-state index contributed by atoms with van der Waals surface area (Å²) in [4.78, 5) is 2.51. The molecule has 0 radical (unpaired) electrons. The summed E-state index contributed by atoms with van der Waals surface area (Å²) in [5.41, 5.74) is 7.83. The number of ether oxygens (including phenoxy) is 1. The third-order valence-electron chi connectivity index (χ3n) is 13.5. The zero-order valence-electron chi connectivity index (χ0n) is 38.8. The smallest absolute Gasteiger partial charge is 0.144 e. The summed E-state index contributed by atoms with van der Waals surface area (Å²) in [7, 11) is 0. The number of hydrogen-bond acceptors (Lipinski definition) is 3. The minimum absolute atomic E-state index is 0.298. The van der Waals surface area contributed by atoms with Crippen LogP contribution in [0, 0.1) is 13.8 Å². The van der Waals surface area contributed by atoms with Gasteiger partial charge in [0.15, 0.2) is 0 Å². The van der Waals surface area contributed by atoms with Gasteiger partial charge in [0, 0.05) is 4.88 Å². The molecule has 2 nitrogen and oxygen atoms in total. The molecule has 1 aliphatic heterocycles. The first kappa shape index (κ1) is 47.4. The lowest BCUT2D eigenvalue weighted by molar-refractivity contribution is -0.185. The summed E-state index contributed by atoms with van der Waals surface area (Å²) in [6.45, 7) is 13.7. The first-order valence-electron chi connectivity index (χ1n) is 25.0. The van der Waals surface area contributed by atoms with Crippen LogP contribution in [0.25, 0.3) is 32.2 Å². The number of aryl methyl sites for hydroxylation is 2. The number of furan rings is 1. The molecule has 4 aromatic rings. The van der Waals surface area contributed by atoms with E-state index < -0.39 is 0 Å². The normalized spacial score (nSPS) is 14.3. The quantitative estimate of drug-likeness (QED) is 0.0489. The van der Waals surface area contributed by atoms with Crippen molar-refractivity contribution in [1.29, 1.82) is 0 Å². The second kappa shape index (κ2) is 25.3. The Labute approximate surface area is 366 Å². The molecule has 0 aliphatic carbocycles. The van der Waals surface area contributed by atoms with Crippen LogP contribution >= 0.6 is 11.3 Å². The van der Waals surface area contributed by atoms with E-state index >= 15 is 0 Å². The molecular weight excluding hydrogens is 737 g/mol. The van der Waals surface area contributed by atoms with Gasteiger partial charge in [0.2, 0.25) is 0 Å². The second-order valence-electron chi connectivity index (χ2n) is 18.5. The molecule has 0 unspecified atom stereocenters. The number of fused-ring (bicyclic) bond motifs is 3. The number of thiophene rings is 1. The Hall–Kier alpha value is -2.62. The van der Waals surface area contributed by atoms with Crippen LogP contribution in [0.1, 0.15) is 230 Å². The monoisotopic (exact) mass is 821 g/mol. The number of benzene rings is 2. The SMILES string of the molecule is CCCCCCCCC1(CCCCCCCC)OC(CCCCCCCC)(CCCCCCCC)c2cc(-c3ccc(-c4ccc(C)o4)s3)ccc2-c2ccc(C)cc21. The van der Waals surface area contributed by atoms with Crippen LogP contribution < -0.4 is 0 Å². The average molecular weight is 821 g/mol. The average Bonchev–Trinajstić information content (AvgIpc) is 3.90. The van der Waals surface area contributed by atoms with Gasteiger partial charge in [-0.2, -0.15) is 0 Å². The van der Waals surface area contributed by atoms with E-state index in [0.717, 1.165) is 37.2 Å². The molecule has 1 aliphatic rings. The molecule has 5 rings (SSSR count). The standard InChI is InChI=1S/C56H84O2S/c1-7-11-15-19-23-27-39-55(40-28-24-20-16-12-8-2)50-43-45(5)31-34-48(50)49-35-33-47(53-37-38-54(59-53)52-36-32-46(6)57-52)44-51(49)56(58-55,41-29-25-21-17-13-9-3)42-30-26-22-18-14-10-4/h31-38,43-44H,7-30,39-42H2,1-6H3. The largest absolute Gasteiger partial charge is 0.461 e. The highest BCUT2D eigenvalue weighted by atomic mass is 32.1. The summed E-state index contributed by atoms with van der Waals surface area (Å²) in [5, 5.41) is 0. The van der Waals surface area contributed by atoms with Crippen molar-refractivity contribution < 1.29 is 9.15 Å². The molecule has 2 aromatic carbocycles. The van der Waals surface area contributed by atoms with Crippen LogP contribution in [0.15, 0.2) is 65.1 Å². The molecule has 0 atom stereocenters. The van der Waals surface area contributed by atoms with Crippen molar-refractivity contribution in [2.75, 3.05) is 0 Å². The van der Waals surface area contributed by atoms with Gasteiger partial charge in [-0.1, -0.05) is 218 Å². The molecule has 2 aromatic heterocycles. The summed E-state index contributed by atoms with van der Waals surface area (Å²) >= 11 is 1.86. The Kier molecular flexibility index (Phi) is 20.4. The Morgan fingerprint density at radius 2 is 0.847 bits per heavy atom. The van der Waals surface area contributed by atoms with Crippen molar-refractivity contribution in [2.45, 2.75) is 233 Å². The Bertz CT molecular complexity index is 1720. The minimum atomic E-state index is -0.337. The van der Waals surface area contributed by atoms with Gasteiger partial charge < -0.3 is 9.15 Å². The van der Waals surface area contributed by atoms with E-state index in [1.54, 1.807) is 0 Å². The molecule has 326 valence electrons. The van der Waals surface area contributed by atoms with Gasteiger partial charge in [-0.25, -0.2) is 0 Å². The lowest BCUT2D eigenvalue weighted by atomic mass is 9.78. The van der Waals surface area contributed by atoms with E-state index in [1.807, 2.05) is 18.3 Å². The molecule has 0 amide bonds. The maximum Gasteiger partial charge on any atom is 0.144 e.